The minimum absolute atomic E-state index is 0.121. The summed E-state index contributed by atoms with van der Waals surface area (Å²) in [5, 5.41) is 18.7. The quantitative estimate of drug-likeness (QED) is 0.136. The predicted octanol–water partition coefficient (Wildman–Crippen LogP) is 6.30. The first kappa shape index (κ1) is 32.8. The number of ether oxygens (including phenoxy) is 2. The molecule has 0 bridgehead atoms. The molecule has 1 unspecified atom stereocenters. The summed E-state index contributed by atoms with van der Waals surface area (Å²) < 4.78 is 11.4. The Kier molecular flexibility index (Phi) is 14.0. The van der Waals surface area contributed by atoms with Crippen molar-refractivity contribution in [3.8, 4) is 0 Å². The van der Waals surface area contributed by atoms with Crippen LogP contribution in [0.5, 0.6) is 0 Å². The third-order valence-electron chi connectivity index (χ3n) is 8.49. The molecular formula is C33H50O6. The third kappa shape index (κ3) is 9.91. The molecule has 2 N–H and O–H groups in total. The van der Waals surface area contributed by atoms with Gasteiger partial charge >= 0.3 is 11.9 Å². The average Bonchev–Trinajstić information content (AvgIpc) is 2.96. The van der Waals surface area contributed by atoms with Crippen LogP contribution in [0.2, 0.25) is 0 Å². The largest absolute Gasteiger partial charge is 0.462 e. The molecule has 1 aliphatic rings. The minimum Gasteiger partial charge on any atom is -0.462 e. The Hall–Kier alpha value is -2.44. The first-order valence-electron chi connectivity index (χ1n) is 14.7. The van der Waals surface area contributed by atoms with Gasteiger partial charge in [0.15, 0.2) is 0 Å². The van der Waals surface area contributed by atoms with E-state index < -0.39 is 23.3 Å². The maximum atomic E-state index is 12.7. The zero-order valence-electron chi connectivity index (χ0n) is 24.4. The van der Waals surface area contributed by atoms with Crippen molar-refractivity contribution >= 4 is 11.9 Å². The highest BCUT2D eigenvalue weighted by molar-refractivity contribution is 5.88. The number of aliphatic hydroxyl groups is 2. The van der Waals surface area contributed by atoms with Gasteiger partial charge in [-0.1, -0.05) is 64.1 Å². The highest BCUT2D eigenvalue weighted by atomic mass is 16.5. The summed E-state index contributed by atoms with van der Waals surface area (Å²) >= 11 is 0. The second-order valence-corrected chi connectivity index (χ2v) is 11.4. The van der Waals surface area contributed by atoms with Crippen LogP contribution in [0, 0.1) is 17.3 Å². The van der Waals surface area contributed by atoms with E-state index in [1.165, 1.54) is 30.4 Å². The molecule has 1 atom stereocenters. The zero-order valence-corrected chi connectivity index (χ0v) is 24.4. The molecule has 0 spiro atoms. The molecule has 0 heterocycles. The van der Waals surface area contributed by atoms with Crippen molar-refractivity contribution in [2.45, 2.75) is 90.9 Å². The van der Waals surface area contributed by atoms with Crippen molar-refractivity contribution in [2.24, 2.45) is 17.3 Å². The molecule has 0 radical (unpaired) electrons. The van der Waals surface area contributed by atoms with E-state index in [4.69, 9.17) is 9.47 Å². The molecule has 1 aromatic rings. The molecule has 218 valence electrons. The van der Waals surface area contributed by atoms with Gasteiger partial charge in [-0.05, 0) is 81.3 Å². The Balaban J connectivity index is 2.08. The summed E-state index contributed by atoms with van der Waals surface area (Å²) in [6.45, 7) is 13.2. The lowest BCUT2D eigenvalue weighted by molar-refractivity contribution is -0.154. The van der Waals surface area contributed by atoms with Crippen molar-refractivity contribution < 1.29 is 29.3 Å². The molecule has 6 heteroatoms. The first-order valence-corrected chi connectivity index (χ1v) is 14.7. The van der Waals surface area contributed by atoms with Gasteiger partial charge in [-0.25, -0.2) is 9.59 Å². The Labute approximate surface area is 235 Å². The van der Waals surface area contributed by atoms with Gasteiger partial charge in [0.25, 0.3) is 0 Å². The molecule has 1 saturated carbocycles. The van der Waals surface area contributed by atoms with Crippen LogP contribution < -0.4 is 0 Å². The SMILES string of the molecule is C=C(C)C(=O)OCC(CC)(COC(=O)C(=C)CC(CO)CO)C1CCC(c2ccc(CCCCC)cc2)CC1. The van der Waals surface area contributed by atoms with Gasteiger partial charge < -0.3 is 19.7 Å². The predicted molar refractivity (Wildman–Crippen MR) is 155 cm³/mol. The highest BCUT2D eigenvalue weighted by Crippen LogP contribution is 2.46. The lowest BCUT2D eigenvalue weighted by Crippen LogP contribution is -2.42. The van der Waals surface area contributed by atoms with Gasteiger partial charge in [0.1, 0.15) is 13.2 Å². The van der Waals surface area contributed by atoms with E-state index in [0.717, 1.165) is 32.1 Å². The van der Waals surface area contributed by atoms with Crippen LogP contribution in [-0.4, -0.2) is 48.6 Å². The second-order valence-electron chi connectivity index (χ2n) is 11.4. The molecule has 0 amide bonds. The van der Waals surface area contributed by atoms with E-state index >= 15 is 0 Å². The molecule has 39 heavy (non-hydrogen) atoms. The number of aryl methyl sites for hydroxylation is 1. The molecule has 1 fully saturated rings. The van der Waals surface area contributed by atoms with Gasteiger partial charge in [0, 0.05) is 35.7 Å². The fourth-order valence-electron chi connectivity index (χ4n) is 5.61. The van der Waals surface area contributed by atoms with Crippen LogP contribution in [0.15, 0.2) is 48.6 Å². The van der Waals surface area contributed by atoms with Crippen molar-refractivity contribution in [1.29, 1.82) is 0 Å². The number of unbranched alkanes of at least 4 members (excludes halogenated alkanes) is 2. The number of benzene rings is 1. The van der Waals surface area contributed by atoms with Gasteiger partial charge in [-0.3, -0.25) is 0 Å². The fraction of sp³-hybridized carbons (Fsp3) is 0.636. The maximum Gasteiger partial charge on any atom is 0.333 e. The number of hydrogen-bond acceptors (Lipinski definition) is 6. The van der Waals surface area contributed by atoms with Crippen LogP contribution >= 0.6 is 0 Å². The summed E-state index contributed by atoms with van der Waals surface area (Å²) in [6.07, 6.45) is 9.69. The summed E-state index contributed by atoms with van der Waals surface area (Å²) in [6, 6.07) is 9.12. The normalized spacial score (nSPS) is 18.8. The van der Waals surface area contributed by atoms with E-state index in [-0.39, 0.29) is 44.3 Å². The molecular weight excluding hydrogens is 492 g/mol. The maximum absolute atomic E-state index is 12.7. The Bertz CT molecular complexity index is 924. The number of hydrogen-bond donors (Lipinski definition) is 2. The summed E-state index contributed by atoms with van der Waals surface area (Å²) in [5.41, 5.74) is 2.83. The van der Waals surface area contributed by atoms with E-state index in [1.54, 1.807) is 6.92 Å². The molecule has 2 rings (SSSR count). The second kappa shape index (κ2) is 16.6. The lowest BCUT2D eigenvalue weighted by atomic mass is 9.65. The molecule has 0 aromatic heterocycles. The molecule has 1 aliphatic carbocycles. The van der Waals surface area contributed by atoms with Crippen molar-refractivity contribution in [2.75, 3.05) is 26.4 Å². The van der Waals surface area contributed by atoms with Crippen LogP contribution in [0.3, 0.4) is 0 Å². The summed E-state index contributed by atoms with van der Waals surface area (Å²) in [4.78, 5) is 25.0. The Morgan fingerprint density at radius 2 is 1.54 bits per heavy atom. The standard InChI is InChI=1S/C33H50O6/c1-6-8-9-10-26-11-13-28(14-12-26)29-15-17-30(18-16-29)33(7-2,22-38-31(36)24(3)4)23-39-32(37)25(5)19-27(20-34)21-35/h11-14,27,29-30,34-35H,3,5-10,15-23H2,1-2,4H3. The van der Waals surface area contributed by atoms with E-state index in [1.807, 2.05) is 6.92 Å². The fourth-order valence-corrected chi connectivity index (χ4v) is 5.61. The highest BCUT2D eigenvalue weighted by Gasteiger charge is 2.42. The van der Waals surface area contributed by atoms with Crippen LogP contribution in [0.1, 0.15) is 95.6 Å². The number of carbonyl (C=O) groups is 2. The Morgan fingerprint density at radius 3 is 2.05 bits per heavy atom. The third-order valence-corrected chi connectivity index (χ3v) is 8.49. The molecule has 0 saturated heterocycles. The Morgan fingerprint density at radius 1 is 0.949 bits per heavy atom. The zero-order chi connectivity index (χ0) is 28.8. The van der Waals surface area contributed by atoms with Crippen molar-refractivity contribution in [1.82, 2.24) is 0 Å². The molecule has 6 nitrogen and oxygen atoms in total. The number of carbonyl (C=O) groups excluding carboxylic acids is 2. The molecule has 1 aromatic carbocycles. The van der Waals surface area contributed by atoms with E-state index in [2.05, 4.69) is 44.3 Å². The van der Waals surface area contributed by atoms with Crippen molar-refractivity contribution in [3.05, 3.63) is 59.7 Å². The van der Waals surface area contributed by atoms with Gasteiger partial charge in [0.2, 0.25) is 0 Å². The molecule has 0 aliphatic heterocycles. The van der Waals surface area contributed by atoms with Crippen LogP contribution in [0.25, 0.3) is 0 Å². The van der Waals surface area contributed by atoms with Crippen LogP contribution in [-0.2, 0) is 25.5 Å². The van der Waals surface area contributed by atoms with Gasteiger partial charge in [-0.15, -0.1) is 0 Å². The summed E-state index contributed by atoms with van der Waals surface area (Å²) in [5.74, 6) is -0.703. The van der Waals surface area contributed by atoms with E-state index in [0.29, 0.717) is 17.9 Å². The van der Waals surface area contributed by atoms with Gasteiger partial charge in [0.05, 0.1) is 0 Å². The smallest absolute Gasteiger partial charge is 0.333 e. The minimum atomic E-state index is -0.543. The number of aliphatic hydroxyl groups excluding tert-OH is 2. The average molecular weight is 543 g/mol. The number of esters is 2. The lowest BCUT2D eigenvalue weighted by Gasteiger charge is -2.43. The summed E-state index contributed by atoms with van der Waals surface area (Å²) in [7, 11) is 0. The van der Waals surface area contributed by atoms with E-state index in [9.17, 15) is 19.8 Å². The van der Waals surface area contributed by atoms with Crippen LogP contribution in [0.4, 0.5) is 0 Å². The monoisotopic (exact) mass is 542 g/mol. The van der Waals surface area contributed by atoms with Crippen molar-refractivity contribution in [3.63, 3.8) is 0 Å². The van der Waals surface area contributed by atoms with Gasteiger partial charge in [-0.2, -0.15) is 0 Å². The topological polar surface area (TPSA) is 93.1 Å². The first-order chi connectivity index (χ1) is 18.7. The number of rotatable bonds is 17.